The second kappa shape index (κ2) is 5.79. The van der Waals surface area contributed by atoms with Crippen molar-refractivity contribution >= 4 is 11.6 Å². The molecule has 1 heterocycles. The van der Waals surface area contributed by atoms with Crippen LogP contribution in [0.3, 0.4) is 0 Å². The Morgan fingerprint density at radius 2 is 2.33 bits per heavy atom. The smallest absolute Gasteiger partial charge is 0.0602 e. The van der Waals surface area contributed by atoms with Gasteiger partial charge in [-0.25, -0.2) is 0 Å². The minimum absolute atomic E-state index is 0.607. The molecule has 1 rings (SSSR count). The Bertz CT molecular complexity index is 121. The van der Waals surface area contributed by atoms with E-state index in [4.69, 9.17) is 16.3 Å². The van der Waals surface area contributed by atoms with E-state index in [1.165, 1.54) is 19.4 Å². The molecule has 0 aliphatic carbocycles. The van der Waals surface area contributed by atoms with Crippen molar-refractivity contribution in [2.75, 3.05) is 32.2 Å². The van der Waals surface area contributed by atoms with Gasteiger partial charge in [0, 0.05) is 18.5 Å². The molecule has 1 atom stereocenters. The van der Waals surface area contributed by atoms with Crippen LogP contribution in [0.2, 0.25) is 0 Å². The maximum absolute atomic E-state index is 5.49. The number of halogens is 1. The SMILES string of the molecule is CC1CCCN1CCOCCCl. The Labute approximate surface area is 79.8 Å². The van der Waals surface area contributed by atoms with Gasteiger partial charge in [0.25, 0.3) is 0 Å². The Morgan fingerprint density at radius 1 is 1.50 bits per heavy atom. The van der Waals surface area contributed by atoms with E-state index in [-0.39, 0.29) is 0 Å². The summed E-state index contributed by atoms with van der Waals surface area (Å²) >= 11 is 5.49. The molecule has 0 aromatic carbocycles. The molecule has 0 saturated carbocycles. The van der Waals surface area contributed by atoms with Crippen molar-refractivity contribution in [2.24, 2.45) is 0 Å². The Hall–Kier alpha value is 0.210. The van der Waals surface area contributed by atoms with Crippen LogP contribution >= 0.6 is 11.6 Å². The number of rotatable bonds is 5. The average molecular weight is 192 g/mol. The monoisotopic (exact) mass is 191 g/mol. The van der Waals surface area contributed by atoms with Crippen LogP contribution in [-0.2, 0) is 4.74 Å². The average Bonchev–Trinajstić information content (AvgIpc) is 2.46. The fraction of sp³-hybridized carbons (Fsp3) is 1.00. The lowest BCUT2D eigenvalue weighted by molar-refractivity contribution is 0.112. The predicted molar refractivity (Wildman–Crippen MR) is 51.8 cm³/mol. The fourth-order valence-corrected chi connectivity index (χ4v) is 1.77. The van der Waals surface area contributed by atoms with Crippen molar-refractivity contribution in [3.63, 3.8) is 0 Å². The summed E-state index contributed by atoms with van der Waals surface area (Å²) in [7, 11) is 0. The highest BCUT2D eigenvalue weighted by Crippen LogP contribution is 2.15. The summed E-state index contributed by atoms with van der Waals surface area (Å²) in [4.78, 5) is 2.48. The van der Waals surface area contributed by atoms with Crippen molar-refractivity contribution in [3.05, 3.63) is 0 Å². The summed E-state index contributed by atoms with van der Waals surface area (Å²) in [6, 6.07) is 0.754. The Kier molecular flexibility index (Phi) is 4.96. The number of nitrogens with zero attached hydrogens (tertiary/aromatic N) is 1. The molecule has 0 aromatic rings. The van der Waals surface area contributed by atoms with E-state index >= 15 is 0 Å². The number of likely N-dealkylation sites (tertiary alicyclic amines) is 1. The fourth-order valence-electron chi connectivity index (χ4n) is 1.66. The molecule has 0 aromatic heterocycles. The highest BCUT2D eigenvalue weighted by atomic mass is 35.5. The summed E-state index contributed by atoms with van der Waals surface area (Å²) in [5, 5.41) is 0. The lowest BCUT2D eigenvalue weighted by Crippen LogP contribution is -2.30. The van der Waals surface area contributed by atoms with Gasteiger partial charge in [0.15, 0.2) is 0 Å². The van der Waals surface area contributed by atoms with Gasteiger partial charge < -0.3 is 4.74 Å². The molecule has 12 heavy (non-hydrogen) atoms. The van der Waals surface area contributed by atoms with Gasteiger partial charge in [-0.15, -0.1) is 11.6 Å². The van der Waals surface area contributed by atoms with Crippen LogP contribution < -0.4 is 0 Å². The predicted octanol–water partition coefficient (Wildman–Crippen LogP) is 1.73. The first-order valence-electron chi connectivity index (χ1n) is 4.72. The van der Waals surface area contributed by atoms with E-state index in [0.717, 1.165) is 19.2 Å². The normalized spacial score (nSPS) is 25.0. The zero-order valence-electron chi connectivity index (χ0n) is 7.76. The molecular formula is C9H18ClNO. The van der Waals surface area contributed by atoms with E-state index in [2.05, 4.69) is 11.8 Å². The largest absolute Gasteiger partial charge is 0.379 e. The topological polar surface area (TPSA) is 12.5 Å². The molecule has 1 aliphatic heterocycles. The molecule has 0 spiro atoms. The van der Waals surface area contributed by atoms with Gasteiger partial charge in [0.05, 0.1) is 13.2 Å². The number of hydrogen-bond donors (Lipinski definition) is 0. The maximum Gasteiger partial charge on any atom is 0.0602 e. The number of alkyl halides is 1. The second-order valence-corrected chi connectivity index (χ2v) is 3.71. The van der Waals surface area contributed by atoms with Gasteiger partial charge >= 0.3 is 0 Å². The molecule has 3 heteroatoms. The highest BCUT2D eigenvalue weighted by molar-refractivity contribution is 6.17. The number of hydrogen-bond acceptors (Lipinski definition) is 2. The van der Waals surface area contributed by atoms with Crippen LogP contribution in [0.5, 0.6) is 0 Å². The highest BCUT2D eigenvalue weighted by Gasteiger charge is 2.18. The first kappa shape index (κ1) is 10.3. The minimum atomic E-state index is 0.607. The standard InChI is InChI=1S/C9H18ClNO/c1-9-3-2-5-11(9)6-8-12-7-4-10/h9H,2-8H2,1H3. The van der Waals surface area contributed by atoms with E-state index in [9.17, 15) is 0 Å². The quantitative estimate of drug-likeness (QED) is 0.485. The van der Waals surface area contributed by atoms with Crippen LogP contribution in [0.15, 0.2) is 0 Å². The van der Waals surface area contributed by atoms with Crippen molar-refractivity contribution in [3.8, 4) is 0 Å². The van der Waals surface area contributed by atoms with Crippen LogP contribution in [0.4, 0.5) is 0 Å². The van der Waals surface area contributed by atoms with Crippen molar-refractivity contribution in [2.45, 2.75) is 25.8 Å². The van der Waals surface area contributed by atoms with E-state index in [0.29, 0.717) is 12.5 Å². The summed E-state index contributed by atoms with van der Waals surface area (Å²) in [5.74, 6) is 0.607. The van der Waals surface area contributed by atoms with Crippen LogP contribution in [0, 0.1) is 0 Å². The Balaban J connectivity index is 1.98. The van der Waals surface area contributed by atoms with Gasteiger partial charge in [-0.1, -0.05) is 0 Å². The van der Waals surface area contributed by atoms with Crippen molar-refractivity contribution in [1.82, 2.24) is 4.90 Å². The van der Waals surface area contributed by atoms with Crippen molar-refractivity contribution in [1.29, 1.82) is 0 Å². The molecule has 1 aliphatic rings. The first-order chi connectivity index (χ1) is 5.84. The zero-order valence-corrected chi connectivity index (χ0v) is 8.52. The molecule has 0 amide bonds. The molecule has 0 N–H and O–H groups in total. The molecule has 1 fully saturated rings. The van der Waals surface area contributed by atoms with Gasteiger partial charge in [-0.3, -0.25) is 4.90 Å². The van der Waals surface area contributed by atoms with Crippen molar-refractivity contribution < 1.29 is 4.74 Å². The first-order valence-corrected chi connectivity index (χ1v) is 5.26. The minimum Gasteiger partial charge on any atom is -0.379 e. The Morgan fingerprint density at radius 3 is 2.92 bits per heavy atom. The number of ether oxygens (including phenoxy) is 1. The molecule has 1 unspecified atom stereocenters. The van der Waals surface area contributed by atoms with Gasteiger partial charge in [0.2, 0.25) is 0 Å². The van der Waals surface area contributed by atoms with Crippen LogP contribution in [0.25, 0.3) is 0 Å². The third kappa shape index (κ3) is 3.30. The van der Waals surface area contributed by atoms with Crippen LogP contribution in [0.1, 0.15) is 19.8 Å². The van der Waals surface area contributed by atoms with Gasteiger partial charge in [0.1, 0.15) is 0 Å². The summed E-state index contributed by atoms with van der Waals surface area (Å²) in [6.07, 6.45) is 2.69. The third-order valence-electron chi connectivity index (χ3n) is 2.43. The lowest BCUT2D eigenvalue weighted by Gasteiger charge is -2.20. The third-order valence-corrected chi connectivity index (χ3v) is 2.59. The molecule has 72 valence electrons. The lowest BCUT2D eigenvalue weighted by atomic mass is 10.2. The van der Waals surface area contributed by atoms with Gasteiger partial charge in [-0.05, 0) is 26.3 Å². The molecule has 0 radical (unpaired) electrons. The second-order valence-electron chi connectivity index (χ2n) is 3.33. The van der Waals surface area contributed by atoms with E-state index in [1.807, 2.05) is 0 Å². The molecule has 0 bridgehead atoms. The maximum atomic E-state index is 5.49. The van der Waals surface area contributed by atoms with E-state index in [1.54, 1.807) is 0 Å². The summed E-state index contributed by atoms with van der Waals surface area (Å²) < 4.78 is 5.32. The summed E-state index contributed by atoms with van der Waals surface area (Å²) in [5.41, 5.74) is 0. The summed E-state index contributed by atoms with van der Waals surface area (Å²) in [6.45, 7) is 6.11. The zero-order chi connectivity index (χ0) is 8.81. The molecular weight excluding hydrogens is 174 g/mol. The van der Waals surface area contributed by atoms with Crippen LogP contribution in [-0.4, -0.2) is 43.1 Å². The molecule has 2 nitrogen and oxygen atoms in total. The molecule has 1 saturated heterocycles. The van der Waals surface area contributed by atoms with Gasteiger partial charge in [-0.2, -0.15) is 0 Å². The van der Waals surface area contributed by atoms with E-state index < -0.39 is 0 Å².